The molecule has 100 valence electrons. The second-order valence-corrected chi connectivity index (χ2v) is 6.17. The SMILES string of the molecule is CS(=O)(=O)c1cc([N+](=O)[O-])ccc1C(C#N)C(N)=S. The fourth-order valence-corrected chi connectivity index (χ4v) is 2.61. The zero-order chi connectivity index (χ0) is 14.8. The Hall–Kier alpha value is -2.05. The van der Waals surface area contributed by atoms with Gasteiger partial charge in [0.15, 0.2) is 9.84 Å². The second-order valence-electron chi connectivity index (χ2n) is 3.72. The Morgan fingerprint density at radius 2 is 2.16 bits per heavy atom. The molecule has 0 aliphatic rings. The minimum atomic E-state index is -3.75. The van der Waals surface area contributed by atoms with Gasteiger partial charge in [0.1, 0.15) is 5.92 Å². The molecule has 0 fully saturated rings. The van der Waals surface area contributed by atoms with Crippen molar-refractivity contribution >= 4 is 32.7 Å². The van der Waals surface area contributed by atoms with Crippen molar-refractivity contribution in [2.45, 2.75) is 10.8 Å². The third-order valence-corrected chi connectivity index (χ3v) is 3.72. The molecule has 1 unspecified atom stereocenters. The number of hydrogen-bond donors (Lipinski definition) is 1. The van der Waals surface area contributed by atoms with Crippen LogP contribution in [0.1, 0.15) is 11.5 Å². The smallest absolute Gasteiger partial charge is 0.270 e. The Kier molecular flexibility index (Phi) is 4.18. The highest BCUT2D eigenvalue weighted by atomic mass is 32.2. The van der Waals surface area contributed by atoms with E-state index in [0.717, 1.165) is 18.4 Å². The van der Waals surface area contributed by atoms with Gasteiger partial charge in [-0.25, -0.2) is 8.42 Å². The van der Waals surface area contributed by atoms with E-state index in [2.05, 4.69) is 0 Å². The molecule has 1 atom stereocenters. The lowest BCUT2D eigenvalue weighted by atomic mass is 10.0. The molecule has 0 heterocycles. The third kappa shape index (κ3) is 3.24. The fourth-order valence-electron chi connectivity index (χ4n) is 1.48. The Balaban J connectivity index is 3.63. The first kappa shape index (κ1) is 15.0. The molecule has 7 nitrogen and oxygen atoms in total. The third-order valence-electron chi connectivity index (χ3n) is 2.33. The van der Waals surface area contributed by atoms with Crippen molar-refractivity contribution in [3.8, 4) is 6.07 Å². The molecule has 0 aromatic heterocycles. The van der Waals surface area contributed by atoms with Gasteiger partial charge in [0, 0.05) is 18.4 Å². The van der Waals surface area contributed by atoms with Crippen LogP contribution in [0, 0.1) is 21.4 Å². The molecule has 1 aromatic carbocycles. The van der Waals surface area contributed by atoms with Crippen molar-refractivity contribution in [1.29, 1.82) is 5.26 Å². The first-order chi connectivity index (χ1) is 8.68. The van der Waals surface area contributed by atoms with E-state index in [0.29, 0.717) is 0 Å². The number of nitrogens with zero attached hydrogens (tertiary/aromatic N) is 2. The minimum absolute atomic E-state index is 0.0445. The van der Waals surface area contributed by atoms with Crippen molar-refractivity contribution < 1.29 is 13.3 Å². The van der Waals surface area contributed by atoms with Crippen LogP contribution in [0.3, 0.4) is 0 Å². The second kappa shape index (κ2) is 5.29. The van der Waals surface area contributed by atoms with Crippen molar-refractivity contribution in [2.24, 2.45) is 5.73 Å². The molecule has 0 spiro atoms. The molecule has 9 heteroatoms. The van der Waals surface area contributed by atoms with Gasteiger partial charge in [-0.15, -0.1) is 0 Å². The summed E-state index contributed by atoms with van der Waals surface area (Å²) in [5.41, 5.74) is 5.03. The summed E-state index contributed by atoms with van der Waals surface area (Å²) in [5, 5.41) is 19.6. The average Bonchev–Trinajstić information content (AvgIpc) is 2.28. The largest absolute Gasteiger partial charge is 0.392 e. The van der Waals surface area contributed by atoms with Gasteiger partial charge in [-0.3, -0.25) is 10.1 Å². The zero-order valence-corrected chi connectivity index (χ0v) is 11.4. The summed E-state index contributed by atoms with van der Waals surface area (Å²) in [6, 6.07) is 4.96. The molecule has 0 saturated carbocycles. The molecule has 0 saturated heterocycles. The molecule has 0 amide bonds. The molecular weight excluding hydrogens is 290 g/mol. The van der Waals surface area contributed by atoms with Crippen molar-refractivity contribution in [1.82, 2.24) is 0 Å². The molecular formula is C10H9N3O4S2. The highest BCUT2D eigenvalue weighted by Gasteiger charge is 2.25. The van der Waals surface area contributed by atoms with Gasteiger partial charge in [-0.1, -0.05) is 12.2 Å². The molecule has 19 heavy (non-hydrogen) atoms. The van der Waals surface area contributed by atoms with Crippen LogP contribution in [0.4, 0.5) is 5.69 Å². The monoisotopic (exact) mass is 299 g/mol. The maximum absolute atomic E-state index is 11.7. The van der Waals surface area contributed by atoms with Crippen molar-refractivity contribution in [3.05, 3.63) is 33.9 Å². The summed E-state index contributed by atoms with van der Waals surface area (Å²) in [7, 11) is -3.75. The lowest BCUT2D eigenvalue weighted by Gasteiger charge is -2.11. The number of benzene rings is 1. The molecule has 2 N–H and O–H groups in total. The number of nitriles is 1. The first-order valence-corrected chi connectivity index (χ1v) is 7.15. The molecule has 0 radical (unpaired) electrons. The van der Waals surface area contributed by atoms with Gasteiger partial charge in [-0.05, 0) is 11.6 Å². The van der Waals surface area contributed by atoms with Crippen LogP contribution in [0.15, 0.2) is 23.1 Å². The minimum Gasteiger partial charge on any atom is -0.392 e. The zero-order valence-electron chi connectivity index (χ0n) is 9.73. The standard InChI is InChI=1S/C10H9N3O4S2/c1-19(16,17)9-4-6(13(14)15)2-3-7(9)8(5-11)10(12)18/h2-4,8H,1H3,(H2,12,18). The summed E-state index contributed by atoms with van der Waals surface area (Å²) in [5.74, 6) is -1.11. The van der Waals surface area contributed by atoms with E-state index in [1.807, 2.05) is 0 Å². The van der Waals surface area contributed by atoms with Crippen LogP contribution < -0.4 is 5.73 Å². The van der Waals surface area contributed by atoms with Gasteiger partial charge in [0.2, 0.25) is 0 Å². The molecule has 0 aliphatic carbocycles. The van der Waals surface area contributed by atoms with E-state index in [9.17, 15) is 18.5 Å². The van der Waals surface area contributed by atoms with Crippen LogP contribution >= 0.6 is 12.2 Å². The summed E-state index contributed by atoms with van der Waals surface area (Å²) in [4.78, 5) is 9.43. The van der Waals surface area contributed by atoms with E-state index in [4.69, 9.17) is 23.2 Å². The highest BCUT2D eigenvalue weighted by Crippen LogP contribution is 2.28. The summed E-state index contributed by atoms with van der Waals surface area (Å²) in [6.45, 7) is 0. The van der Waals surface area contributed by atoms with Crippen LogP contribution in [0.2, 0.25) is 0 Å². The van der Waals surface area contributed by atoms with E-state index >= 15 is 0 Å². The average molecular weight is 299 g/mol. The predicted octanol–water partition coefficient (Wildman–Crippen LogP) is 0.892. The normalized spacial score (nSPS) is 12.4. The number of nitrogens with two attached hydrogens (primary N) is 1. The number of rotatable bonds is 4. The molecule has 0 bridgehead atoms. The lowest BCUT2D eigenvalue weighted by Crippen LogP contribution is -2.20. The Labute approximate surface area is 114 Å². The number of non-ortho nitro benzene ring substituents is 1. The highest BCUT2D eigenvalue weighted by molar-refractivity contribution is 7.90. The van der Waals surface area contributed by atoms with Gasteiger partial charge in [0.05, 0.1) is 20.9 Å². The van der Waals surface area contributed by atoms with E-state index in [1.54, 1.807) is 6.07 Å². The summed E-state index contributed by atoms with van der Waals surface area (Å²) in [6.07, 6.45) is 0.892. The fraction of sp³-hybridized carbons (Fsp3) is 0.200. The van der Waals surface area contributed by atoms with Crippen LogP contribution in [-0.4, -0.2) is 24.6 Å². The van der Waals surface area contributed by atoms with Crippen LogP contribution in [-0.2, 0) is 9.84 Å². The Morgan fingerprint density at radius 3 is 2.53 bits per heavy atom. The first-order valence-electron chi connectivity index (χ1n) is 4.85. The van der Waals surface area contributed by atoms with Gasteiger partial charge >= 0.3 is 0 Å². The number of nitro groups is 1. The van der Waals surface area contributed by atoms with E-state index in [1.165, 1.54) is 6.07 Å². The molecule has 1 aromatic rings. The number of sulfone groups is 1. The maximum atomic E-state index is 11.7. The van der Waals surface area contributed by atoms with Crippen LogP contribution in [0.25, 0.3) is 0 Å². The quantitative estimate of drug-likeness (QED) is 0.496. The summed E-state index contributed by atoms with van der Waals surface area (Å²) < 4.78 is 23.3. The maximum Gasteiger partial charge on any atom is 0.270 e. The number of nitro benzene ring substituents is 1. The van der Waals surface area contributed by atoms with E-state index < -0.39 is 20.7 Å². The van der Waals surface area contributed by atoms with Gasteiger partial charge in [0.25, 0.3) is 5.69 Å². The molecule has 1 rings (SSSR count). The van der Waals surface area contributed by atoms with E-state index in [-0.39, 0.29) is 21.1 Å². The Morgan fingerprint density at radius 1 is 1.58 bits per heavy atom. The molecule has 0 aliphatic heterocycles. The topological polar surface area (TPSA) is 127 Å². The van der Waals surface area contributed by atoms with Crippen molar-refractivity contribution in [2.75, 3.05) is 6.26 Å². The Bertz CT molecular complexity index is 691. The van der Waals surface area contributed by atoms with Crippen molar-refractivity contribution in [3.63, 3.8) is 0 Å². The predicted molar refractivity (Wildman–Crippen MR) is 71.3 cm³/mol. The number of hydrogen-bond acceptors (Lipinski definition) is 6. The number of thiocarbonyl (C=S) groups is 1. The lowest BCUT2D eigenvalue weighted by molar-refractivity contribution is -0.385. The van der Waals surface area contributed by atoms with Gasteiger partial charge in [-0.2, -0.15) is 5.26 Å². The van der Waals surface area contributed by atoms with Crippen LogP contribution in [0.5, 0.6) is 0 Å². The van der Waals surface area contributed by atoms with Gasteiger partial charge < -0.3 is 5.73 Å². The summed E-state index contributed by atoms with van der Waals surface area (Å²) >= 11 is 4.69.